The predicted molar refractivity (Wildman–Crippen MR) is 151 cm³/mol. The maximum Gasteiger partial charge on any atom is 0.319 e. The molecule has 0 spiro atoms. The highest BCUT2D eigenvalue weighted by atomic mass is 16.5. The second-order valence-electron chi connectivity index (χ2n) is 12.2. The van der Waals surface area contributed by atoms with E-state index in [0.717, 1.165) is 82.4 Å². The van der Waals surface area contributed by atoms with Crippen molar-refractivity contribution in [3.05, 3.63) is 30.0 Å². The van der Waals surface area contributed by atoms with E-state index in [2.05, 4.69) is 61.7 Å². The van der Waals surface area contributed by atoms with Gasteiger partial charge in [-0.25, -0.2) is 9.78 Å². The summed E-state index contributed by atoms with van der Waals surface area (Å²) in [6.07, 6.45) is 7.74. The van der Waals surface area contributed by atoms with Crippen LogP contribution in [0.4, 0.5) is 10.5 Å². The molecule has 0 radical (unpaired) electrons. The Kier molecular flexibility index (Phi) is 7.03. The lowest BCUT2D eigenvalue weighted by molar-refractivity contribution is -0.153. The molecular formula is C29H39N7O4. The van der Waals surface area contributed by atoms with E-state index in [1.807, 2.05) is 6.07 Å². The zero-order valence-electron chi connectivity index (χ0n) is 23.3. The van der Waals surface area contributed by atoms with Crippen molar-refractivity contribution in [1.82, 2.24) is 30.4 Å². The number of aliphatic carboxylic acids is 1. The van der Waals surface area contributed by atoms with Crippen LogP contribution in [-0.4, -0.2) is 74.5 Å². The average Bonchev–Trinajstić information content (AvgIpc) is 3.25. The summed E-state index contributed by atoms with van der Waals surface area (Å²) in [6.45, 7) is 8.65. The summed E-state index contributed by atoms with van der Waals surface area (Å²) in [5.74, 6) is 0.749. The Balaban J connectivity index is 0.000000201. The number of urea groups is 1. The number of imidazole rings is 1. The molecule has 2 bridgehead atoms. The van der Waals surface area contributed by atoms with Gasteiger partial charge < -0.3 is 25.5 Å². The number of carboxylic acids is 1. The minimum Gasteiger partial charge on any atom is -0.481 e. The Morgan fingerprint density at radius 3 is 2.52 bits per heavy atom. The fourth-order valence-corrected chi connectivity index (χ4v) is 6.78. The van der Waals surface area contributed by atoms with Gasteiger partial charge in [0.1, 0.15) is 5.69 Å². The van der Waals surface area contributed by atoms with Crippen LogP contribution in [0.2, 0.25) is 0 Å². The van der Waals surface area contributed by atoms with E-state index in [1.165, 1.54) is 5.56 Å². The van der Waals surface area contributed by atoms with Crippen LogP contribution < -0.4 is 10.6 Å². The van der Waals surface area contributed by atoms with Crippen LogP contribution in [0.25, 0.3) is 22.6 Å². The van der Waals surface area contributed by atoms with Crippen molar-refractivity contribution < 1.29 is 19.4 Å². The van der Waals surface area contributed by atoms with Crippen LogP contribution in [0.3, 0.4) is 0 Å². The Bertz CT molecular complexity index is 1380. The van der Waals surface area contributed by atoms with E-state index in [1.54, 1.807) is 6.20 Å². The lowest BCUT2D eigenvalue weighted by Gasteiger charge is -2.33. The van der Waals surface area contributed by atoms with Crippen molar-refractivity contribution in [2.24, 2.45) is 16.7 Å². The van der Waals surface area contributed by atoms with Gasteiger partial charge in [-0.15, -0.1) is 0 Å². The normalized spacial score (nSPS) is 25.4. The highest BCUT2D eigenvalue weighted by Gasteiger charge is 2.63. The molecule has 4 fully saturated rings. The summed E-state index contributed by atoms with van der Waals surface area (Å²) in [4.78, 5) is 33.6. The summed E-state index contributed by atoms with van der Waals surface area (Å²) < 4.78 is 5.41. The lowest BCUT2D eigenvalue weighted by Crippen LogP contribution is -2.37. The number of amides is 2. The second kappa shape index (κ2) is 10.5. The molecule has 3 aliphatic carbocycles. The number of fused-ring (bicyclic) bond motifs is 3. The van der Waals surface area contributed by atoms with Crippen molar-refractivity contribution in [3.8, 4) is 11.5 Å². The third kappa shape index (κ3) is 5.08. The van der Waals surface area contributed by atoms with Crippen LogP contribution >= 0.6 is 0 Å². The molecule has 1 aromatic carbocycles. The molecule has 3 aromatic rings. The number of benzene rings is 1. The topological polar surface area (TPSA) is 148 Å². The number of carbonyl (C=O) groups is 2. The first-order chi connectivity index (χ1) is 19.2. The number of hydrogen-bond donors (Lipinski definition) is 5. The van der Waals surface area contributed by atoms with Crippen molar-refractivity contribution in [2.45, 2.75) is 65.0 Å². The number of nitrogens with one attached hydrogen (secondary N) is 4. The van der Waals surface area contributed by atoms with Crippen LogP contribution in [-0.2, 0) is 16.1 Å². The molecule has 0 atom stereocenters. The minimum atomic E-state index is -0.562. The van der Waals surface area contributed by atoms with E-state index in [4.69, 9.17) is 4.74 Å². The van der Waals surface area contributed by atoms with Gasteiger partial charge in [-0.3, -0.25) is 14.8 Å². The second-order valence-corrected chi connectivity index (χ2v) is 12.2. The van der Waals surface area contributed by atoms with Gasteiger partial charge in [0.15, 0.2) is 5.82 Å². The van der Waals surface area contributed by atoms with E-state index >= 15 is 0 Å². The molecule has 4 aliphatic rings. The maximum atomic E-state index is 12.0. The number of aromatic amines is 2. The molecule has 5 N–H and O–H groups in total. The molecule has 3 saturated carbocycles. The van der Waals surface area contributed by atoms with Gasteiger partial charge in [0.05, 0.1) is 41.5 Å². The number of anilines is 1. The quantitative estimate of drug-likeness (QED) is 0.307. The van der Waals surface area contributed by atoms with Gasteiger partial charge in [-0.05, 0) is 67.6 Å². The molecule has 11 heteroatoms. The van der Waals surface area contributed by atoms with Crippen LogP contribution in [0.1, 0.15) is 57.9 Å². The molecular weight excluding hydrogens is 510 g/mol. The zero-order valence-corrected chi connectivity index (χ0v) is 23.3. The molecule has 2 amide bonds. The Morgan fingerprint density at radius 1 is 1.15 bits per heavy atom. The molecule has 3 heterocycles. The molecule has 1 aliphatic heterocycles. The number of ether oxygens (including phenoxy) is 1. The number of nitrogens with zero attached hydrogens (tertiary/aromatic N) is 3. The Labute approximate surface area is 233 Å². The highest BCUT2D eigenvalue weighted by molar-refractivity contribution is 5.93. The summed E-state index contributed by atoms with van der Waals surface area (Å²) in [7, 11) is 0. The number of aromatic nitrogens is 4. The van der Waals surface area contributed by atoms with Gasteiger partial charge in [-0.2, -0.15) is 5.10 Å². The number of H-pyrrole nitrogens is 2. The van der Waals surface area contributed by atoms with Crippen molar-refractivity contribution in [3.63, 3.8) is 0 Å². The fourth-order valence-electron chi connectivity index (χ4n) is 6.78. The van der Waals surface area contributed by atoms with E-state index in [-0.39, 0.29) is 16.9 Å². The third-order valence-corrected chi connectivity index (χ3v) is 9.60. The first-order valence-corrected chi connectivity index (χ1v) is 14.4. The monoisotopic (exact) mass is 549 g/mol. The van der Waals surface area contributed by atoms with Gasteiger partial charge in [-0.1, -0.05) is 19.9 Å². The largest absolute Gasteiger partial charge is 0.481 e. The lowest BCUT2D eigenvalue weighted by atomic mass is 9.69. The van der Waals surface area contributed by atoms with E-state index in [0.29, 0.717) is 29.2 Å². The maximum absolute atomic E-state index is 12.0. The summed E-state index contributed by atoms with van der Waals surface area (Å²) in [5.41, 5.74) is 4.00. The summed E-state index contributed by atoms with van der Waals surface area (Å²) in [6, 6.07) is 6.34. The van der Waals surface area contributed by atoms with Gasteiger partial charge >= 0.3 is 12.0 Å². The number of rotatable bonds is 6. The third-order valence-electron chi connectivity index (χ3n) is 9.60. The van der Waals surface area contributed by atoms with Crippen molar-refractivity contribution >= 4 is 28.7 Å². The molecule has 11 nitrogen and oxygen atoms in total. The van der Waals surface area contributed by atoms with Gasteiger partial charge in [0.2, 0.25) is 0 Å². The number of carbonyl (C=O) groups excluding carboxylic acids is 1. The standard InChI is InChI=1S/C19H23N7O2.C10H16O2/c27-19(21-13-2-3-13)24-16-10-20-25-17(16)18-22-14-4-1-12(9-15(14)23-18)11-26-5-7-28-8-6-26;1-9(2)7-3-5-10(9,6-4-7)8(11)12/h1,4,9-10,13H,2-3,5-8,11H2,(H,20,25)(H,22,23)(H2,21,24,27);7H,3-6H2,1-2H3,(H,11,12). The first kappa shape index (κ1) is 26.8. The van der Waals surface area contributed by atoms with Crippen molar-refractivity contribution in [1.29, 1.82) is 0 Å². The van der Waals surface area contributed by atoms with Crippen LogP contribution in [0.5, 0.6) is 0 Å². The highest BCUT2D eigenvalue weighted by Crippen LogP contribution is 2.65. The molecule has 214 valence electrons. The zero-order chi connectivity index (χ0) is 27.9. The van der Waals surface area contributed by atoms with Gasteiger partial charge in [0.25, 0.3) is 0 Å². The minimum absolute atomic E-state index is 0.0405. The first-order valence-electron chi connectivity index (χ1n) is 14.4. The smallest absolute Gasteiger partial charge is 0.319 e. The van der Waals surface area contributed by atoms with Crippen molar-refractivity contribution in [2.75, 3.05) is 31.6 Å². The molecule has 2 aromatic heterocycles. The van der Waals surface area contributed by atoms with E-state index < -0.39 is 5.97 Å². The number of carboxylic acid groups (broad SMARTS) is 1. The van der Waals surface area contributed by atoms with E-state index in [9.17, 15) is 14.7 Å². The van der Waals surface area contributed by atoms with Gasteiger partial charge in [0, 0.05) is 25.7 Å². The molecule has 1 saturated heterocycles. The SMILES string of the molecule is CC1(C)C2CCC1(C(=O)O)CC2.O=C(Nc1cn[nH]c1-c1nc2ccc(CN3CCOCC3)cc2[nH]1)NC1CC1. The molecule has 40 heavy (non-hydrogen) atoms. The fraction of sp³-hybridized carbons (Fsp3) is 0.586. The van der Waals surface area contributed by atoms with Crippen LogP contribution in [0, 0.1) is 16.7 Å². The predicted octanol–water partition coefficient (Wildman–Crippen LogP) is 4.36. The molecule has 0 unspecified atom stereocenters. The van der Waals surface area contributed by atoms with Crippen LogP contribution in [0.15, 0.2) is 24.4 Å². The Hall–Kier alpha value is -3.44. The number of hydrogen-bond acceptors (Lipinski definition) is 6. The average molecular weight is 550 g/mol. The number of morpholine rings is 1. The molecule has 7 rings (SSSR count). The summed E-state index contributed by atoms with van der Waals surface area (Å²) in [5, 5.41) is 22.0. The Morgan fingerprint density at radius 2 is 1.90 bits per heavy atom. The summed E-state index contributed by atoms with van der Waals surface area (Å²) >= 11 is 0.